The minimum absolute atomic E-state index is 0.0348. The number of carbonyl (C=O) groups excluding carboxylic acids is 1. The maximum absolute atomic E-state index is 13.0. The number of H-pyrrole nitrogens is 1. The first-order chi connectivity index (χ1) is 11.1. The molecule has 1 aliphatic heterocycles. The third-order valence-electron chi connectivity index (χ3n) is 5.15. The van der Waals surface area contributed by atoms with Crippen LogP contribution in [-0.2, 0) is 0 Å². The highest BCUT2D eigenvalue weighted by Crippen LogP contribution is 2.37. The summed E-state index contributed by atoms with van der Waals surface area (Å²) in [7, 11) is 0. The smallest absolute Gasteiger partial charge is 0.271 e. The van der Waals surface area contributed by atoms with E-state index in [9.17, 15) is 9.18 Å². The van der Waals surface area contributed by atoms with Gasteiger partial charge in [-0.15, -0.1) is 0 Å². The van der Waals surface area contributed by atoms with Crippen molar-refractivity contribution in [3.05, 3.63) is 41.8 Å². The summed E-state index contributed by atoms with van der Waals surface area (Å²) in [6, 6.07) is 8.01. The third kappa shape index (κ3) is 2.53. The van der Waals surface area contributed by atoms with E-state index in [-0.39, 0.29) is 17.8 Å². The van der Waals surface area contributed by atoms with Gasteiger partial charge in [-0.3, -0.25) is 9.89 Å². The molecule has 3 N–H and O–H groups in total. The Morgan fingerprint density at radius 2 is 2.04 bits per heavy atom. The number of carbonyl (C=O) groups is 1. The molecule has 1 saturated heterocycles. The van der Waals surface area contributed by atoms with E-state index in [4.69, 9.17) is 5.73 Å². The van der Waals surface area contributed by atoms with E-state index in [0.29, 0.717) is 23.2 Å². The molecule has 0 spiro atoms. The van der Waals surface area contributed by atoms with Crippen LogP contribution in [0.3, 0.4) is 0 Å². The van der Waals surface area contributed by atoms with Crippen molar-refractivity contribution in [3.8, 4) is 11.3 Å². The molecule has 3 atom stereocenters. The van der Waals surface area contributed by atoms with Gasteiger partial charge >= 0.3 is 0 Å². The van der Waals surface area contributed by atoms with E-state index in [2.05, 4.69) is 10.2 Å². The zero-order valence-corrected chi connectivity index (χ0v) is 12.7. The number of rotatable bonds is 2. The Kier molecular flexibility index (Phi) is 3.41. The van der Waals surface area contributed by atoms with Crippen molar-refractivity contribution < 1.29 is 9.18 Å². The van der Waals surface area contributed by atoms with Gasteiger partial charge in [-0.2, -0.15) is 5.10 Å². The Balaban J connectivity index is 1.51. The molecule has 1 aromatic heterocycles. The predicted molar refractivity (Wildman–Crippen MR) is 84.1 cm³/mol. The third-order valence-corrected chi connectivity index (χ3v) is 5.15. The van der Waals surface area contributed by atoms with Crippen molar-refractivity contribution >= 4 is 5.91 Å². The van der Waals surface area contributed by atoms with Crippen molar-refractivity contribution in [3.63, 3.8) is 0 Å². The molecule has 0 radical (unpaired) electrons. The van der Waals surface area contributed by atoms with E-state index in [1.54, 1.807) is 18.2 Å². The van der Waals surface area contributed by atoms with Gasteiger partial charge in [0.1, 0.15) is 11.5 Å². The number of hydrogen-bond donors (Lipinski definition) is 2. The fourth-order valence-corrected chi connectivity index (χ4v) is 3.84. The molecule has 4 rings (SSSR count). The monoisotopic (exact) mass is 314 g/mol. The number of nitrogens with two attached hydrogens (primary N) is 1. The van der Waals surface area contributed by atoms with E-state index >= 15 is 0 Å². The van der Waals surface area contributed by atoms with Crippen LogP contribution in [0.15, 0.2) is 30.3 Å². The molecular weight excluding hydrogens is 295 g/mol. The predicted octanol–water partition coefficient (Wildman–Crippen LogP) is 2.03. The first kappa shape index (κ1) is 14.4. The van der Waals surface area contributed by atoms with Crippen LogP contribution in [0.2, 0.25) is 0 Å². The van der Waals surface area contributed by atoms with Crippen LogP contribution in [0.1, 0.15) is 23.3 Å². The first-order valence-corrected chi connectivity index (χ1v) is 7.98. The van der Waals surface area contributed by atoms with Gasteiger partial charge in [0.15, 0.2) is 0 Å². The number of nitrogens with one attached hydrogen (secondary N) is 1. The van der Waals surface area contributed by atoms with Gasteiger partial charge < -0.3 is 10.6 Å². The van der Waals surface area contributed by atoms with Gasteiger partial charge in [-0.25, -0.2) is 4.39 Å². The summed E-state index contributed by atoms with van der Waals surface area (Å²) in [5.74, 6) is 0.639. The highest BCUT2D eigenvalue weighted by Gasteiger charge is 2.42. The molecule has 2 fully saturated rings. The Bertz CT molecular complexity index is 726. The fraction of sp³-hybridized carbons (Fsp3) is 0.412. The van der Waals surface area contributed by atoms with Crippen molar-refractivity contribution in [1.29, 1.82) is 0 Å². The molecule has 1 aromatic carbocycles. The van der Waals surface area contributed by atoms with Crippen LogP contribution < -0.4 is 5.73 Å². The zero-order valence-electron chi connectivity index (χ0n) is 12.7. The summed E-state index contributed by atoms with van der Waals surface area (Å²) in [6.07, 6.45) is 2.18. The minimum atomic E-state index is -0.291. The van der Waals surface area contributed by atoms with Gasteiger partial charge in [-0.05, 0) is 55.0 Å². The topological polar surface area (TPSA) is 75.0 Å². The number of fused-ring (bicyclic) bond motifs is 1. The van der Waals surface area contributed by atoms with E-state index in [0.717, 1.165) is 31.5 Å². The first-order valence-electron chi connectivity index (χ1n) is 7.98. The highest BCUT2D eigenvalue weighted by molar-refractivity contribution is 5.93. The summed E-state index contributed by atoms with van der Waals surface area (Å²) < 4.78 is 13.0. The number of aromatic nitrogens is 2. The number of benzene rings is 1. The summed E-state index contributed by atoms with van der Waals surface area (Å²) in [5.41, 5.74) is 8.02. The molecule has 23 heavy (non-hydrogen) atoms. The zero-order chi connectivity index (χ0) is 16.0. The quantitative estimate of drug-likeness (QED) is 0.890. The molecule has 6 heteroatoms. The maximum atomic E-state index is 13.0. The molecule has 2 aliphatic rings. The molecule has 1 amide bonds. The van der Waals surface area contributed by atoms with E-state index in [1.807, 2.05) is 4.90 Å². The van der Waals surface area contributed by atoms with Gasteiger partial charge in [0.2, 0.25) is 0 Å². The average molecular weight is 314 g/mol. The second-order valence-corrected chi connectivity index (χ2v) is 6.55. The van der Waals surface area contributed by atoms with Crippen molar-refractivity contribution in [2.45, 2.75) is 18.9 Å². The van der Waals surface area contributed by atoms with Crippen LogP contribution in [0, 0.1) is 17.7 Å². The SMILES string of the molecule is NC1CCC2CN(C(=O)c3cc(-c4ccc(F)cc4)n[nH]3)CC12. The number of aromatic amines is 1. The van der Waals surface area contributed by atoms with Gasteiger partial charge in [0.25, 0.3) is 5.91 Å². The molecule has 5 nitrogen and oxygen atoms in total. The van der Waals surface area contributed by atoms with Crippen LogP contribution in [0.25, 0.3) is 11.3 Å². The maximum Gasteiger partial charge on any atom is 0.271 e. The molecular formula is C17H19FN4O. The van der Waals surface area contributed by atoms with Crippen molar-refractivity contribution in [2.24, 2.45) is 17.6 Å². The number of hydrogen-bond acceptors (Lipinski definition) is 3. The normalized spacial score (nSPS) is 26.5. The standard InChI is InChI=1S/C17H19FN4O/c18-12-4-1-10(2-5-12)15-7-16(21-20-15)17(23)22-8-11-3-6-14(19)13(11)9-22/h1-2,4-5,7,11,13-14H,3,6,8-9,19H2,(H,20,21). The van der Waals surface area contributed by atoms with Gasteiger partial charge in [0.05, 0.1) is 5.69 Å². The van der Waals surface area contributed by atoms with Crippen LogP contribution in [0.4, 0.5) is 4.39 Å². The van der Waals surface area contributed by atoms with Crippen LogP contribution in [-0.4, -0.2) is 40.1 Å². The average Bonchev–Trinajstić information content (AvgIpc) is 3.25. The number of amides is 1. The molecule has 120 valence electrons. The minimum Gasteiger partial charge on any atom is -0.337 e. The van der Waals surface area contributed by atoms with Crippen LogP contribution in [0.5, 0.6) is 0 Å². The lowest BCUT2D eigenvalue weighted by Gasteiger charge is -2.17. The van der Waals surface area contributed by atoms with Gasteiger partial charge in [0, 0.05) is 24.7 Å². The molecule has 1 saturated carbocycles. The molecule has 2 heterocycles. The number of nitrogens with zero attached hydrogens (tertiary/aromatic N) is 2. The number of likely N-dealkylation sites (tertiary alicyclic amines) is 1. The Labute approximate surface area is 133 Å². The second-order valence-electron chi connectivity index (χ2n) is 6.55. The lowest BCUT2D eigenvalue weighted by atomic mass is 9.98. The lowest BCUT2D eigenvalue weighted by Crippen LogP contribution is -2.33. The fourth-order valence-electron chi connectivity index (χ4n) is 3.84. The van der Waals surface area contributed by atoms with Crippen molar-refractivity contribution in [1.82, 2.24) is 15.1 Å². The summed E-state index contributed by atoms with van der Waals surface area (Å²) in [6.45, 7) is 1.51. The molecule has 3 unspecified atom stereocenters. The summed E-state index contributed by atoms with van der Waals surface area (Å²) in [4.78, 5) is 14.5. The Morgan fingerprint density at radius 3 is 2.78 bits per heavy atom. The Morgan fingerprint density at radius 1 is 1.26 bits per heavy atom. The lowest BCUT2D eigenvalue weighted by molar-refractivity contribution is 0.0773. The summed E-state index contributed by atoms with van der Waals surface area (Å²) >= 11 is 0. The van der Waals surface area contributed by atoms with Crippen molar-refractivity contribution in [2.75, 3.05) is 13.1 Å². The van der Waals surface area contributed by atoms with Crippen LogP contribution >= 0.6 is 0 Å². The molecule has 1 aliphatic carbocycles. The largest absolute Gasteiger partial charge is 0.337 e. The molecule has 0 bridgehead atoms. The Hall–Kier alpha value is -2.21. The number of halogens is 1. The van der Waals surface area contributed by atoms with E-state index < -0.39 is 0 Å². The second kappa shape index (κ2) is 5.45. The summed E-state index contributed by atoms with van der Waals surface area (Å²) in [5, 5.41) is 6.98. The van der Waals surface area contributed by atoms with Gasteiger partial charge in [-0.1, -0.05) is 0 Å². The molecule has 2 aromatic rings. The highest BCUT2D eigenvalue weighted by atomic mass is 19.1. The van der Waals surface area contributed by atoms with E-state index in [1.165, 1.54) is 12.1 Å².